The predicted octanol–water partition coefficient (Wildman–Crippen LogP) is 2.04. The number of nitrogens with one attached hydrogen (secondary N) is 1. The SMILES string of the molecule is CCCNC(CCN(CC1CC1)CC1CC1)C(=O)OC. The molecule has 1 atom stereocenters. The fraction of sp³-hybridized carbons (Fsp3) is 0.938. The van der Waals surface area contributed by atoms with E-state index in [-0.39, 0.29) is 12.0 Å². The van der Waals surface area contributed by atoms with Crippen LogP contribution in [0.15, 0.2) is 0 Å². The summed E-state index contributed by atoms with van der Waals surface area (Å²) >= 11 is 0. The van der Waals surface area contributed by atoms with Crippen LogP contribution >= 0.6 is 0 Å². The van der Waals surface area contributed by atoms with Crippen molar-refractivity contribution in [3.8, 4) is 0 Å². The van der Waals surface area contributed by atoms with E-state index >= 15 is 0 Å². The number of hydrogen-bond acceptors (Lipinski definition) is 4. The molecule has 4 nitrogen and oxygen atoms in total. The Labute approximate surface area is 123 Å². The van der Waals surface area contributed by atoms with Crippen molar-refractivity contribution in [2.75, 3.05) is 33.3 Å². The van der Waals surface area contributed by atoms with Crippen molar-refractivity contribution in [1.29, 1.82) is 0 Å². The van der Waals surface area contributed by atoms with E-state index < -0.39 is 0 Å². The van der Waals surface area contributed by atoms with Crippen molar-refractivity contribution in [2.24, 2.45) is 11.8 Å². The summed E-state index contributed by atoms with van der Waals surface area (Å²) in [6.07, 6.45) is 7.50. The molecule has 2 fully saturated rings. The van der Waals surface area contributed by atoms with E-state index in [1.807, 2.05) is 0 Å². The summed E-state index contributed by atoms with van der Waals surface area (Å²) in [6.45, 7) is 6.48. The number of rotatable bonds is 11. The van der Waals surface area contributed by atoms with Gasteiger partial charge in [-0.3, -0.25) is 4.79 Å². The average Bonchev–Trinajstić information content (AvgIpc) is 3.34. The minimum atomic E-state index is -0.138. The molecule has 0 aromatic rings. The Morgan fingerprint density at radius 2 is 1.85 bits per heavy atom. The summed E-state index contributed by atoms with van der Waals surface area (Å²) in [5.41, 5.74) is 0. The van der Waals surface area contributed by atoms with Gasteiger partial charge in [0.05, 0.1) is 7.11 Å². The number of carbonyl (C=O) groups is 1. The smallest absolute Gasteiger partial charge is 0.322 e. The lowest BCUT2D eigenvalue weighted by atomic mass is 10.1. The zero-order valence-electron chi connectivity index (χ0n) is 13.1. The van der Waals surface area contributed by atoms with Crippen LogP contribution in [0.25, 0.3) is 0 Å². The highest BCUT2D eigenvalue weighted by Gasteiger charge is 2.29. The topological polar surface area (TPSA) is 41.6 Å². The fourth-order valence-electron chi connectivity index (χ4n) is 2.66. The second-order valence-corrected chi connectivity index (χ2v) is 6.46. The Hall–Kier alpha value is -0.610. The molecule has 0 saturated heterocycles. The molecule has 0 spiro atoms. The van der Waals surface area contributed by atoms with Gasteiger partial charge in [-0.25, -0.2) is 0 Å². The molecular weight excluding hydrogens is 252 g/mol. The summed E-state index contributed by atoms with van der Waals surface area (Å²) in [4.78, 5) is 14.4. The number of esters is 1. The molecule has 2 aliphatic rings. The molecule has 116 valence electrons. The molecule has 0 amide bonds. The number of carbonyl (C=O) groups excluding carboxylic acids is 1. The van der Waals surface area contributed by atoms with Crippen LogP contribution in [-0.4, -0.2) is 50.2 Å². The molecule has 0 aromatic carbocycles. The molecule has 1 N–H and O–H groups in total. The number of nitrogens with zero attached hydrogens (tertiary/aromatic N) is 1. The molecule has 20 heavy (non-hydrogen) atoms. The lowest BCUT2D eigenvalue weighted by molar-refractivity contribution is -0.143. The average molecular weight is 282 g/mol. The highest BCUT2D eigenvalue weighted by molar-refractivity contribution is 5.75. The molecular formula is C16H30N2O2. The first-order chi connectivity index (χ1) is 9.72. The highest BCUT2D eigenvalue weighted by atomic mass is 16.5. The third-order valence-electron chi connectivity index (χ3n) is 4.29. The molecule has 0 bridgehead atoms. The standard InChI is InChI=1S/C16H30N2O2/c1-3-9-17-15(16(19)20-2)8-10-18(11-13-4-5-13)12-14-6-7-14/h13-15,17H,3-12H2,1-2H3. The maximum Gasteiger partial charge on any atom is 0.322 e. The zero-order valence-corrected chi connectivity index (χ0v) is 13.1. The van der Waals surface area contributed by atoms with Crippen LogP contribution in [0.4, 0.5) is 0 Å². The molecule has 1 unspecified atom stereocenters. The summed E-state index contributed by atoms with van der Waals surface area (Å²) in [5.74, 6) is 1.74. The zero-order chi connectivity index (χ0) is 14.4. The Kier molecular flexibility index (Phi) is 6.30. The summed E-state index contributed by atoms with van der Waals surface area (Å²) in [5, 5.41) is 3.31. The Morgan fingerprint density at radius 1 is 1.25 bits per heavy atom. The van der Waals surface area contributed by atoms with E-state index in [4.69, 9.17) is 4.74 Å². The van der Waals surface area contributed by atoms with E-state index in [2.05, 4.69) is 17.1 Å². The summed E-state index contributed by atoms with van der Waals surface area (Å²) in [6, 6.07) is -0.138. The number of methoxy groups -OCH3 is 1. The van der Waals surface area contributed by atoms with Crippen LogP contribution in [-0.2, 0) is 9.53 Å². The van der Waals surface area contributed by atoms with E-state index in [0.717, 1.165) is 37.8 Å². The first-order valence-electron chi connectivity index (χ1n) is 8.26. The Morgan fingerprint density at radius 3 is 2.30 bits per heavy atom. The Bertz CT molecular complexity index is 287. The van der Waals surface area contributed by atoms with E-state index in [9.17, 15) is 4.79 Å². The molecule has 2 rings (SSSR count). The fourth-order valence-corrected chi connectivity index (χ4v) is 2.66. The highest BCUT2D eigenvalue weighted by Crippen LogP contribution is 2.33. The second kappa shape index (κ2) is 7.99. The van der Waals surface area contributed by atoms with Crippen molar-refractivity contribution in [1.82, 2.24) is 10.2 Å². The third-order valence-corrected chi connectivity index (χ3v) is 4.29. The van der Waals surface area contributed by atoms with Crippen LogP contribution in [0, 0.1) is 11.8 Å². The van der Waals surface area contributed by atoms with Crippen LogP contribution in [0.3, 0.4) is 0 Å². The third kappa shape index (κ3) is 5.80. The molecule has 0 heterocycles. The van der Waals surface area contributed by atoms with Crippen molar-refractivity contribution in [3.05, 3.63) is 0 Å². The minimum absolute atomic E-state index is 0.115. The van der Waals surface area contributed by atoms with Crippen molar-refractivity contribution in [3.63, 3.8) is 0 Å². The molecule has 0 aromatic heterocycles. The van der Waals surface area contributed by atoms with Crippen LogP contribution in [0.5, 0.6) is 0 Å². The van der Waals surface area contributed by atoms with E-state index in [0.29, 0.717) is 0 Å². The summed E-state index contributed by atoms with van der Waals surface area (Å²) < 4.78 is 4.91. The van der Waals surface area contributed by atoms with Gasteiger partial charge < -0.3 is 15.0 Å². The van der Waals surface area contributed by atoms with Gasteiger partial charge in [0, 0.05) is 19.6 Å². The van der Waals surface area contributed by atoms with E-state index in [1.165, 1.54) is 45.9 Å². The molecule has 0 radical (unpaired) electrons. The molecule has 2 aliphatic carbocycles. The van der Waals surface area contributed by atoms with Gasteiger partial charge in [-0.15, -0.1) is 0 Å². The quantitative estimate of drug-likeness (QED) is 0.589. The van der Waals surface area contributed by atoms with Gasteiger partial charge in [0.15, 0.2) is 0 Å². The van der Waals surface area contributed by atoms with Crippen molar-refractivity contribution < 1.29 is 9.53 Å². The van der Waals surface area contributed by atoms with Gasteiger partial charge in [0.25, 0.3) is 0 Å². The predicted molar refractivity (Wildman–Crippen MR) is 80.6 cm³/mol. The van der Waals surface area contributed by atoms with Gasteiger partial charge >= 0.3 is 5.97 Å². The summed E-state index contributed by atoms with van der Waals surface area (Å²) in [7, 11) is 1.48. The van der Waals surface area contributed by atoms with Crippen LogP contribution < -0.4 is 5.32 Å². The first-order valence-corrected chi connectivity index (χ1v) is 8.26. The molecule has 0 aliphatic heterocycles. The second-order valence-electron chi connectivity index (χ2n) is 6.46. The molecule has 2 saturated carbocycles. The van der Waals surface area contributed by atoms with E-state index in [1.54, 1.807) is 0 Å². The van der Waals surface area contributed by atoms with Gasteiger partial charge in [-0.05, 0) is 56.9 Å². The van der Waals surface area contributed by atoms with Gasteiger partial charge in [0.2, 0.25) is 0 Å². The van der Waals surface area contributed by atoms with Gasteiger partial charge in [-0.2, -0.15) is 0 Å². The minimum Gasteiger partial charge on any atom is -0.468 e. The lowest BCUT2D eigenvalue weighted by Gasteiger charge is -2.24. The lowest BCUT2D eigenvalue weighted by Crippen LogP contribution is -2.41. The normalized spacial score (nSPS) is 20.1. The van der Waals surface area contributed by atoms with Crippen LogP contribution in [0.1, 0.15) is 45.4 Å². The van der Waals surface area contributed by atoms with Crippen molar-refractivity contribution in [2.45, 2.75) is 51.5 Å². The Balaban J connectivity index is 1.75. The molecule has 4 heteroatoms. The van der Waals surface area contributed by atoms with Gasteiger partial charge in [0.1, 0.15) is 6.04 Å². The number of ether oxygens (including phenoxy) is 1. The first kappa shape index (κ1) is 15.8. The van der Waals surface area contributed by atoms with Crippen molar-refractivity contribution >= 4 is 5.97 Å². The largest absolute Gasteiger partial charge is 0.468 e. The van der Waals surface area contributed by atoms with Crippen LogP contribution in [0.2, 0.25) is 0 Å². The van der Waals surface area contributed by atoms with Gasteiger partial charge in [-0.1, -0.05) is 6.92 Å². The number of hydrogen-bond donors (Lipinski definition) is 1. The monoisotopic (exact) mass is 282 g/mol. The maximum absolute atomic E-state index is 11.8. The maximum atomic E-state index is 11.8.